The summed E-state index contributed by atoms with van der Waals surface area (Å²) < 4.78 is 3.34. The molecular weight excluding hydrogens is 691 g/mol. The Morgan fingerprint density at radius 2 is 1.17 bits per heavy atom. The zero-order valence-electron chi connectivity index (χ0n) is 30.1. The standard InChI is InChI=1S/C21H25.C10H15.2C6H5.CH2.2ClH.Zr/c1-20(2,3)16-7-9-18-14(12-16)11-15-13-17(21(4,5)6)8-10-19(15)18;1-8-5-6-9(7-8)10(2,3)4;2*1-2-4-6-5-3-1;;;;/h7-10,12H,11H2,1-6H3;6-8H,1-4H3;2*1-5H;1H2;2*1H;/q4*-1;;;;. The molecule has 4 aromatic rings. The fourth-order valence-electron chi connectivity index (χ4n) is 4.76. The molecule has 0 radical (unpaired) electrons. The van der Waals surface area contributed by atoms with Gasteiger partial charge in [0.05, 0.1) is 0 Å². The van der Waals surface area contributed by atoms with Gasteiger partial charge in [0.15, 0.2) is 0 Å². The van der Waals surface area contributed by atoms with Gasteiger partial charge in [0.2, 0.25) is 0 Å². The van der Waals surface area contributed by atoms with Crippen molar-refractivity contribution in [2.75, 3.05) is 0 Å². The Morgan fingerprint density at radius 3 is 1.51 bits per heavy atom. The van der Waals surface area contributed by atoms with E-state index in [9.17, 15) is 0 Å². The molecule has 0 spiro atoms. The van der Waals surface area contributed by atoms with Crippen molar-refractivity contribution >= 4 is 29.0 Å². The number of hydrogen-bond donors (Lipinski definition) is 0. The van der Waals surface area contributed by atoms with E-state index in [4.69, 9.17) is 0 Å². The maximum absolute atomic E-state index is 3.67. The van der Waals surface area contributed by atoms with Gasteiger partial charge in [0.1, 0.15) is 0 Å². The average Bonchev–Trinajstić information content (AvgIpc) is 3.63. The predicted octanol–water partition coefficient (Wildman–Crippen LogP) is 12.4. The van der Waals surface area contributed by atoms with Crippen LogP contribution in [0.1, 0.15) is 91.5 Å². The molecule has 1 atom stereocenters. The van der Waals surface area contributed by atoms with E-state index in [1.807, 2.05) is 60.7 Å². The maximum Gasteiger partial charge on any atom is -0.171 e. The van der Waals surface area contributed by atoms with E-state index in [2.05, 4.69) is 140 Å². The fraction of sp³-hybridized carbons (Fsp3) is 0.341. The third kappa shape index (κ3) is 15.2. The summed E-state index contributed by atoms with van der Waals surface area (Å²) in [6.45, 7) is 22.5. The van der Waals surface area contributed by atoms with Crippen molar-refractivity contribution in [3.63, 3.8) is 0 Å². The van der Waals surface area contributed by atoms with Gasteiger partial charge in [0.25, 0.3) is 0 Å². The summed E-state index contributed by atoms with van der Waals surface area (Å²) in [5.74, 6) is 0.522. The molecule has 0 amide bonds. The smallest absolute Gasteiger partial charge is 0.171 e. The molecule has 0 aromatic heterocycles. The van der Waals surface area contributed by atoms with Gasteiger partial charge in [0, 0.05) is 0 Å². The molecule has 252 valence electrons. The number of halogens is 2. The molecule has 3 heteroatoms. The molecule has 0 bridgehead atoms. The second kappa shape index (κ2) is 20.9. The molecule has 0 saturated heterocycles. The minimum atomic E-state index is 0. The van der Waals surface area contributed by atoms with E-state index >= 15 is 0 Å². The first kappa shape index (κ1) is 44.7. The molecule has 0 aliphatic heterocycles. The Bertz CT molecular complexity index is 1350. The summed E-state index contributed by atoms with van der Waals surface area (Å²) in [6.07, 6.45) is 8.68. The first-order chi connectivity index (χ1) is 21.2. The predicted molar refractivity (Wildman–Crippen MR) is 208 cm³/mol. The molecule has 0 N–H and O–H groups in total. The molecule has 0 fully saturated rings. The summed E-state index contributed by atoms with van der Waals surface area (Å²) in [7, 11) is 0. The minimum Gasteiger partial charge on any atom is -0.184 e. The zero-order valence-corrected chi connectivity index (χ0v) is 34.2. The Morgan fingerprint density at radius 1 is 0.660 bits per heavy atom. The van der Waals surface area contributed by atoms with Gasteiger partial charge in [-0.2, -0.15) is 108 Å². The van der Waals surface area contributed by atoms with Crippen molar-refractivity contribution < 1.29 is 24.2 Å². The van der Waals surface area contributed by atoms with Gasteiger partial charge in [-0.1, -0.05) is 104 Å². The van der Waals surface area contributed by atoms with Crippen LogP contribution in [-0.4, -0.2) is 4.21 Å². The van der Waals surface area contributed by atoms with Crippen molar-refractivity contribution in [3.05, 3.63) is 155 Å². The first-order valence-electron chi connectivity index (χ1n) is 15.8. The van der Waals surface area contributed by atoms with Crippen LogP contribution >= 0.6 is 24.8 Å². The number of rotatable bonds is 0. The summed E-state index contributed by atoms with van der Waals surface area (Å²) in [5, 5.41) is 0. The van der Waals surface area contributed by atoms with Crippen molar-refractivity contribution in [2.24, 2.45) is 11.3 Å². The van der Waals surface area contributed by atoms with E-state index in [0.29, 0.717) is 11.3 Å². The quantitative estimate of drug-likeness (QED) is 0.139. The summed E-state index contributed by atoms with van der Waals surface area (Å²) in [4.78, 5) is 0. The molecule has 4 aromatic carbocycles. The SMILES string of the molecule is CC(C)(C)c1[c-]c2c(cc1)-c1ccc(C(C)(C)C)cc1C2.CC1[C-]=CC(C(C)(C)C)=C1.Cl.Cl.[CH2]=[Zr].[c-]1ccccc1.[c-]1ccccc1. The third-order valence-corrected chi connectivity index (χ3v) is 7.48. The fourth-order valence-corrected chi connectivity index (χ4v) is 4.76. The van der Waals surface area contributed by atoms with Gasteiger partial charge < -0.3 is 0 Å². The molecule has 0 heterocycles. The first-order valence-corrected chi connectivity index (χ1v) is 17.6. The van der Waals surface area contributed by atoms with Crippen LogP contribution in [0, 0.1) is 35.6 Å². The van der Waals surface area contributed by atoms with Gasteiger partial charge >= 0.3 is 28.4 Å². The monoisotopic (exact) mass is 742 g/mol. The average molecular weight is 745 g/mol. The number of fused-ring (bicyclic) bond motifs is 3. The third-order valence-electron chi connectivity index (χ3n) is 7.48. The van der Waals surface area contributed by atoms with Crippen LogP contribution < -0.4 is 0 Å². The Balaban J connectivity index is 0.000000676. The van der Waals surface area contributed by atoms with Gasteiger partial charge in [-0.3, -0.25) is 6.08 Å². The summed E-state index contributed by atoms with van der Waals surface area (Å²) in [6, 6.07) is 40.2. The number of allylic oxidation sites excluding steroid dienone is 4. The topological polar surface area (TPSA) is 0 Å². The molecule has 47 heavy (non-hydrogen) atoms. The molecule has 1 unspecified atom stereocenters. The number of benzene rings is 4. The Hall–Kier alpha value is -2.31. The van der Waals surface area contributed by atoms with E-state index in [0.717, 1.165) is 6.42 Å². The molecule has 2 aliphatic rings. The molecule has 0 saturated carbocycles. The van der Waals surface area contributed by atoms with Crippen molar-refractivity contribution in [1.29, 1.82) is 0 Å². The van der Waals surface area contributed by atoms with Crippen LogP contribution in [0.2, 0.25) is 0 Å². The van der Waals surface area contributed by atoms with Gasteiger partial charge in [-0.15, -0.1) is 35.9 Å². The Labute approximate surface area is 315 Å². The van der Waals surface area contributed by atoms with Gasteiger partial charge in [-0.25, -0.2) is 6.08 Å². The van der Waals surface area contributed by atoms with Gasteiger partial charge in [-0.05, 0) is 28.4 Å². The summed E-state index contributed by atoms with van der Waals surface area (Å²) >= 11 is 1.30. The molecule has 0 nitrogen and oxygen atoms in total. The molecule has 6 rings (SSSR count). The van der Waals surface area contributed by atoms with Crippen LogP contribution in [0.4, 0.5) is 0 Å². The maximum atomic E-state index is 3.67. The van der Waals surface area contributed by atoms with E-state index in [-0.39, 0.29) is 35.6 Å². The molecular formula is C44H54Cl2Zr-4. The van der Waals surface area contributed by atoms with Crippen LogP contribution in [0.5, 0.6) is 0 Å². The zero-order chi connectivity index (χ0) is 33.7. The van der Waals surface area contributed by atoms with Crippen LogP contribution in [0.3, 0.4) is 0 Å². The second-order valence-electron chi connectivity index (χ2n) is 14.4. The second-order valence-corrected chi connectivity index (χ2v) is 14.4. The van der Waals surface area contributed by atoms with Crippen LogP contribution in [0.25, 0.3) is 11.1 Å². The molecule has 2 aliphatic carbocycles. The van der Waals surface area contributed by atoms with Crippen LogP contribution in [-0.2, 0) is 41.5 Å². The Kier molecular flexibility index (Phi) is 19.9. The van der Waals surface area contributed by atoms with Crippen molar-refractivity contribution in [1.82, 2.24) is 0 Å². The van der Waals surface area contributed by atoms with Crippen molar-refractivity contribution in [3.8, 4) is 11.1 Å². The summed E-state index contributed by atoms with van der Waals surface area (Å²) in [5.41, 5.74) is 10.4. The van der Waals surface area contributed by atoms with E-state index in [1.54, 1.807) is 0 Å². The van der Waals surface area contributed by atoms with Crippen molar-refractivity contribution in [2.45, 2.75) is 86.5 Å². The van der Waals surface area contributed by atoms with Crippen LogP contribution in [0.15, 0.2) is 109 Å². The van der Waals surface area contributed by atoms with E-state index in [1.165, 1.54) is 63.2 Å². The normalized spacial score (nSPS) is 13.7. The van der Waals surface area contributed by atoms with E-state index < -0.39 is 0 Å². The largest absolute Gasteiger partial charge is 0.184 e. The minimum absolute atomic E-state index is 0. The number of hydrogen-bond acceptors (Lipinski definition) is 0.